The molecule has 1 aromatic heterocycles. The molecule has 0 saturated carbocycles. The largest absolute Gasteiger partial charge is 0.421 e. The number of rotatable bonds is 5. The van der Waals surface area contributed by atoms with Crippen molar-refractivity contribution < 1.29 is 18.8 Å². The van der Waals surface area contributed by atoms with Gasteiger partial charge in [0, 0.05) is 18.7 Å². The number of benzene rings is 1. The highest BCUT2D eigenvalue weighted by Gasteiger charge is 2.20. The van der Waals surface area contributed by atoms with Crippen molar-refractivity contribution in [2.45, 2.75) is 13.5 Å². The van der Waals surface area contributed by atoms with Crippen LogP contribution in [0.15, 0.2) is 27.8 Å². The van der Waals surface area contributed by atoms with E-state index >= 15 is 0 Å². The van der Waals surface area contributed by atoms with Crippen molar-refractivity contribution in [2.75, 3.05) is 11.9 Å². The summed E-state index contributed by atoms with van der Waals surface area (Å²) in [6, 6.07) is 2.73. The normalized spacial score (nSPS) is 10.5. The minimum absolute atomic E-state index is 0.123. The molecule has 128 valence electrons. The van der Waals surface area contributed by atoms with Crippen LogP contribution in [0.5, 0.6) is 0 Å². The van der Waals surface area contributed by atoms with Crippen LogP contribution in [-0.2, 0) is 6.54 Å². The molecule has 10 heteroatoms. The molecule has 0 bridgehead atoms. The average Bonchev–Trinajstić information content (AvgIpc) is 2.54. The van der Waals surface area contributed by atoms with Gasteiger partial charge in [0.25, 0.3) is 5.91 Å². The molecular weight excluding hydrogens is 326 g/mol. The predicted octanol–water partition coefficient (Wildman–Crippen LogP) is 0.414. The van der Waals surface area contributed by atoms with E-state index in [0.29, 0.717) is 0 Å². The fourth-order valence-corrected chi connectivity index (χ4v) is 1.99. The van der Waals surface area contributed by atoms with Gasteiger partial charge >= 0.3 is 11.2 Å². The average molecular weight is 340 g/mol. The maximum absolute atomic E-state index is 13.5. The minimum Gasteiger partial charge on any atom is -0.421 e. The van der Waals surface area contributed by atoms with Gasteiger partial charge in [-0.2, -0.15) is 0 Å². The van der Waals surface area contributed by atoms with Crippen molar-refractivity contribution in [1.29, 1.82) is 0 Å². The molecule has 1 heterocycles. The van der Waals surface area contributed by atoms with Crippen molar-refractivity contribution in [3.8, 4) is 0 Å². The number of aromatic amines is 1. The van der Waals surface area contributed by atoms with E-state index in [4.69, 9.17) is 0 Å². The van der Waals surface area contributed by atoms with Crippen molar-refractivity contribution in [1.82, 2.24) is 15.0 Å². The highest BCUT2D eigenvalue weighted by molar-refractivity contribution is 5.98. The van der Waals surface area contributed by atoms with Crippen molar-refractivity contribution in [2.24, 2.45) is 0 Å². The summed E-state index contributed by atoms with van der Waals surface area (Å²) in [7, 11) is 0. The Labute approximate surface area is 133 Å². The Balaban J connectivity index is 2.33. The summed E-state index contributed by atoms with van der Waals surface area (Å²) in [5, 5.41) is 14.2. The van der Waals surface area contributed by atoms with Gasteiger partial charge in [-0.25, -0.2) is 13.6 Å². The molecule has 0 atom stereocenters. The number of halogens is 2. The first-order valence-electron chi connectivity index (χ1n) is 6.89. The number of carbonyl (C=O) groups excluding carboxylic acids is 1. The molecule has 8 nitrogen and oxygen atoms in total. The molecule has 1 aromatic carbocycles. The van der Waals surface area contributed by atoms with Crippen molar-refractivity contribution >= 4 is 11.7 Å². The number of hydrogen-bond acceptors (Lipinski definition) is 5. The Hall–Kier alpha value is -3.17. The maximum Gasteiger partial charge on any atom is 0.363 e. The lowest BCUT2D eigenvalue weighted by atomic mass is 10.2. The van der Waals surface area contributed by atoms with E-state index < -0.39 is 40.9 Å². The lowest BCUT2D eigenvalue weighted by molar-refractivity contribution is 0.0939. The van der Waals surface area contributed by atoms with E-state index in [1.807, 2.05) is 0 Å². The topological polar surface area (TPSA) is 116 Å². The molecule has 0 unspecified atom stereocenters. The Morgan fingerprint density at radius 3 is 2.71 bits per heavy atom. The summed E-state index contributed by atoms with van der Waals surface area (Å²) >= 11 is 0. The van der Waals surface area contributed by atoms with Crippen molar-refractivity contribution in [3.05, 3.63) is 61.8 Å². The summed E-state index contributed by atoms with van der Waals surface area (Å²) in [5.74, 6) is -2.57. The van der Waals surface area contributed by atoms with Gasteiger partial charge in [-0.15, -0.1) is 0 Å². The number of amides is 1. The first-order valence-corrected chi connectivity index (χ1v) is 6.89. The highest BCUT2D eigenvalue weighted by Crippen LogP contribution is 2.10. The van der Waals surface area contributed by atoms with E-state index in [1.165, 1.54) is 0 Å². The summed E-state index contributed by atoms with van der Waals surface area (Å²) in [5.41, 5.74) is -3.05. The van der Waals surface area contributed by atoms with Crippen LogP contribution in [-0.4, -0.2) is 27.4 Å². The number of aromatic nitrogens is 2. The monoisotopic (exact) mass is 340 g/mol. The van der Waals surface area contributed by atoms with Crippen LogP contribution in [0.1, 0.15) is 22.8 Å². The third-order valence-corrected chi connectivity index (χ3v) is 3.11. The third-order valence-electron chi connectivity index (χ3n) is 3.11. The predicted molar refractivity (Wildman–Crippen MR) is 80.2 cm³/mol. The second-order valence-corrected chi connectivity index (χ2v) is 4.75. The Kier molecular flexibility index (Phi) is 4.97. The van der Waals surface area contributed by atoms with Crippen LogP contribution in [0.25, 0.3) is 0 Å². The molecule has 24 heavy (non-hydrogen) atoms. The van der Waals surface area contributed by atoms with E-state index in [9.17, 15) is 28.4 Å². The molecule has 2 rings (SSSR count). The van der Waals surface area contributed by atoms with Crippen LogP contribution in [0, 0.1) is 11.6 Å². The fraction of sp³-hybridized carbons (Fsp3) is 0.214. The smallest absolute Gasteiger partial charge is 0.363 e. The van der Waals surface area contributed by atoms with E-state index in [0.717, 1.165) is 18.2 Å². The zero-order valence-corrected chi connectivity index (χ0v) is 12.5. The quantitative estimate of drug-likeness (QED) is 0.589. The SMILES string of the molecule is CCNc1[nH]c(=O)n(O)c(=O)c1C(=O)NCc1cc(F)ccc1F. The van der Waals surface area contributed by atoms with Gasteiger partial charge in [0.2, 0.25) is 0 Å². The summed E-state index contributed by atoms with van der Waals surface area (Å²) in [6.07, 6.45) is 0. The van der Waals surface area contributed by atoms with Gasteiger partial charge < -0.3 is 15.8 Å². The van der Waals surface area contributed by atoms with Gasteiger partial charge in [-0.1, -0.05) is 4.73 Å². The van der Waals surface area contributed by atoms with E-state index in [1.54, 1.807) is 6.92 Å². The van der Waals surface area contributed by atoms with Crippen molar-refractivity contribution in [3.63, 3.8) is 0 Å². The van der Waals surface area contributed by atoms with Gasteiger partial charge in [0.1, 0.15) is 23.0 Å². The molecule has 0 aliphatic rings. The fourth-order valence-electron chi connectivity index (χ4n) is 1.99. The Morgan fingerprint density at radius 1 is 1.33 bits per heavy atom. The Morgan fingerprint density at radius 2 is 2.04 bits per heavy atom. The lowest BCUT2D eigenvalue weighted by Crippen LogP contribution is -2.41. The highest BCUT2D eigenvalue weighted by atomic mass is 19.1. The molecule has 2 aromatic rings. The molecular formula is C14H14F2N4O4. The molecule has 4 N–H and O–H groups in total. The van der Waals surface area contributed by atoms with Gasteiger partial charge in [-0.3, -0.25) is 14.6 Å². The molecule has 0 spiro atoms. The molecule has 1 amide bonds. The molecule has 0 fully saturated rings. The second-order valence-electron chi connectivity index (χ2n) is 4.75. The number of nitrogens with zero attached hydrogens (tertiary/aromatic N) is 1. The minimum atomic E-state index is -1.24. The standard InChI is InChI=1S/C14H14F2N4O4/c1-2-17-11-10(13(22)20(24)14(23)19-11)12(21)18-6-7-5-8(15)3-4-9(7)16/h3-5,17,24H,2,6H2,1H3,(H,18,21)(H,19,23). The van der Waals surface area contributed by atoms with Crippen LogP contribution < -0.4 is 21.9 Å². The van der Waals surface area contributed by atoms with Crippen LogP contribution >= 0.6 is 0 Å². The van der Waals surface area contributed by atoms with Crippen LogP contribution in [0.3, 0.4) is 0 Å². The molecule has 0 aliphatic carbocycles. The third kappa shape index (κ3) is 3.42. The summed E-state index contributed by atoms with van der Waals surface area (Å²) in [6.45, 7) is 1.55. The first-order chi connectivity index (χ1) is 11.3. The number of hydrogen-bond donors (Lipinski definition) is 4. The zero-order chi connectivity index (χ0) is 17.9. The maximum atomic E-state index is 13.5. The van der Waals surface area contributed by atoms with Gasteiger partial charge in [0.15, 0.2) is 0 Å². The number of anilines is 1. The van der Waals surface area contributed by atoms with Crippen LogP contribution in [0.4, 0.5) is 14.6 Å². The number of nitrogens with one attached hydrogen (secondary N) is 3. The number of carbonyl (C=O) groups is 1. The zero-order valence-electron chi connectivity index (χ0n) is 12.5. The van der Waals surface area contributed by atoms with E-state index in [-0.39, 0.29) is 22.7 Å². The molecule has 0 aliphatic heterocycles. The van der Waals surface area contributed by atoms with E-state index in [2.05, 4.69) is 15.6 Å². The van der Waals surface area contributed by atoms with Gasteiger partial charge in [0.05, 0.1) is 0 Å². The molecule has 0 radical (unpaired) electrons. The Bertz CT molecular complexity index is 891. The first kappa shape index (κ1) is 17.2. The number of H-pyrrole nitrogens is 1. The summed E-state index contributed by atoms with van der Waals surface area (Å²) < 4.78 is 26.4. The van der Waals surface area contributed by atoms with Crippen LogP contribution in [0.2, 0.25) is 0 Å². The summed E-state index contributed by atoms with van der Waals surface area (Å²) in [4.78, 5) is 37.6. The van der Waals surface area contributed by atoms with Gasteiger partial charge in [-0.05, 0) is 25.1 Å². The second kappa shape index (κ2) is 6.94. The molecule has 0 saturated heterocycles. The lowest BCUT2D eigenvalue weighted by Gasteiger charge is -2.11.